The van der Waals surface area contributed by atoms with Crippen molar-refractivity contribution in [2.24, 2.45) is 10.7 Å². The van der Waals surface area contributed by atoms with Crippen molar-refractivity contribution in [3.63, 3.8) is 0 Å². The summed E-state index contributed by atoms with van der Waals surface area (Å²) < 4.78 is 27.2. The van der Waals surface area contributed by atoms with Gasteiger partial charge in [-0.1, -0.05) is 30.3 Å². The van der Waals surface area contributed by atoms with Crippen LogP contribution in [0.2, 0.25) is 5.02 Å². The Morgan fingerprint density at radius 2 is 1.88 bits per heavy atom. The fraction of sp³-hybridized carbons (Fsp3) is 0.156. The number of aromatic nitrogens is 1. The van der Waals surface area contributed by atoms with Crippen molar-refractivity contribution in [2.45, 2.75) is 25.8 Å². The summed E-state index contributed by atoms with van der Waals surface area (Å²) in [6, 6.07) is 13.0. The number of aliphatic imine (C=N–C) groups is 1. The zero-order valence-electron chi connectivity index (χ0n) is 23.1. The third-order valence-electron chi connectivity index (χ3n) is 6.43. The molecule has 4 aromatic rings. The molecule has 1 heterocycles. The van der Waals surface area contributed by atoms with Crippen LogP contribution >= 0.6 is 11.6 Å². The van der Waals surface area contributed by atoms with E-state index in [-0.39, 0.29) is 28.8 Å². The summed E-state index contributed by atoms with van der Waals surface area (Å²) in [6.07, 6.45) is 6.52. The van der Waals surface area contributed by atoms with Crippen LogP contribution in [0.3, 0.4) is 0 Å². The summed E-state index contributed by atoms with van der Waals surface area (Å²) in [6.45, 7) is 5.49. The fourth-order valence-electron chi connectivity index (χ4n) is 4.51. The summed E-state index contributed by atoms with van der Waals surface area (Å²) in [7, 11) is 1.73. The maximum atomic E-state index is 13.6. The Hall–Kier alpha value is -4.60. The van der Waals surface area contributed by atoms with E-state index in [0.717, 1.165) is 28.8 Å². The summed E-state index contributed by atoms with van der Waals surface area (Å²) >= 11 is 6.06. The number of rotatable bonds is 10. The zero-order chi connectivity index (χ0) is 30.8. The molecule has 10 heteroatoms. The van der Waals surface area contributed by atoms with Gasteiger partial charge in [0, 0.05) is 41.4 Å². The number of benzene rings is 3. The Kier molecular flexibility index (Phi) is 11.3. The first-order valence-electron chi connectivity index (χ1n) is 12.9. The lowest BCUT2D eigenvalue weighted by Crippen LogP contribution is -2.37. The van der Waals surface area contributed by atoms with Gasteiger partial charge in [-0.05, 0) is 79.5 Å². The number of hydrogen-bond donors (Lipinski definition) is 4. The van der Waals surface area contributed by atoms with Crippen LogP contribution in [0.5, 0.6) is 5.75 Å². The maximum absolute atomic E-state index is 13.6. The number of amides is 1. The molecule has 0 saturated heterocycles. The molecule has 4 rings (SSSR count). The van der Waals surface area contributed by atoms with Crippen molar-refractivity contribution in [1.82, 2.24) is 10.3 Å². The number of carbonyl (C=O) groups is 2. The van der Waals surface area contributed by atoms with Gasteiger partial charge in [0.25, 0.3) is 0 Å². The number of H-pyrrole nitrogens is 1. The van der Waals surface area contributed by atoms with E-state index in [1.54, 1.807) is 49.6 Å². The van der Waals surface area contributed by atoms with E-state index in [0.29, 0.717) is 28.8 Å². The van der Waals surface area contributed by atoms with Gasteiger partial charge in [0.1, 0.15) is 23.7 Å². The minimum atomic E-state index is -0.646. The number of phenolic OH excluding ortho intramolecular Hbond substituents is 1. The average Bonchev–Trinajstić information content (AvgIpc) is 3.34. The third-order valence-corrected chi connectivity index (χ3v) is 6.76. The van der Waals surface area contributed by atoms with Crippen molar-refractivity contribution in [3.05, 3.63) is 119 Å². The van der Waals surface area contributed by atoms with Crippen molar-refractivity contribution in [3.8, 4) is 5.75 Å². The van der Waals surface area contributed by atoms with Crippen LogP contribution in [0.1, 0.15) is 34.0 Å². The lowest BCUT2D eigenvalue weighted by Gasteiger charge is -2.22. The van der Waals surface area contributed by atoms with Crippen LogP contribution in [0.15, 0.2) is 84.6 Å². The number of allylic oxidation sites excluding steroid dienone is 1. The number of hydrogen-bond acceptors (Lipinski definition) is 5. The number of phenols is 1. The first-order valence-corrected chi connectivity index (χ1v) is 13.3. The molecule has 0 saturated carbocycles. The van der Waals surface area contributed by atoms with E-state index in [2.05, 4.69) is 21.9 Å². The second kappa shape index (κ2) is 14.9. The molecule has 5 N–H and O–H groups in total. The molecule has 0 fully saturated rings. The van der Waals surface area contributed by atoms with Gasteiger partial charge < -0.3 is 25.9 Å². The summed E-state index contributed by atoms with van der Waals surface area (Å²) in [4.78, 5) is 29.4. The van der Waals surface area contributed by atoms with E-state index in [9.17, 15) is 23.5 Å². The molecule has 1 aromatic heterocycles. The molecule has 0 bridgehead atoms. The molecule has 1 amide bonds. The molecule has 218 valence electrons. The van der Waals surface area contributed by atoms with Crippen molar-refractivity contribution in [2.75, 3.05) is 7.05 Å². The number of likely N-dealkylation sites (N-methyl/N-ethyl adjacent to an activating group) is 1. The highest BCUT2D eigenvalue weighted by Crippen LogP contribution is 2.26. The van der Waals surface area contributed by atoms with E-state index in [4.69, 9.17) is 17.3 Å². The first kappa shape index (κ1) is 31.9. The number of aromatic amines is 1. The zero-order valence-corrected chi connectivity index (χ0v) is 23.9. The fourth-order valence-corrected chi connectivity index (χ4v) is 4.73. The normalized spacial score (nSPS) is 12.4. The number of primary amides is 1. The van der Waals surface area contributed by atoms with Crippen LogP contribution in [0.4, 0.5) is 8.78 Å². The molecule has 42 heavy (non-hydrogen) atoms. The molecule has 0 radical (unpaired) electrons. The maximum Gasteiger partial charge on any atom is 0.250 e. The number of aldehydes is 1. The Morgan fingerprint density at radius 3 is 2.48 bits per heavy atom. The van der Waals surface area contributed by atoms with Gasteiger partial charge in [-0.3, -0.25) is 9.79 Å². The Bertz CT molecular complexity index is 1640. The molecular formula is C32H31ClF2N4O3. The second-order valence-corrected chi connectivity index (χ2v) is 9.60. The smallest absolute Gasteiger partial charge is 0.250 e. The number of aromatic hydroxyl groups is 1. The summed E-state index contributed by atoms with van der Waals surface area (Å²) in [5.74, 6) is -1.71. The second-order valence-electron chi connectivity index (χ2n) is 9.20. The van der Waals surface area contributed by atoms with Crippen LogP contribution in [-0.4, -0.2) is 41.1 Å². The van der Waals surface area contributed by atoms with Gasteiger partial charge in [-0.2, -0.15) is 0 Å². The van der Waals surface area contributed by atoms with Crippen LogP contribution in [-0.2, 0) is 17.6 Å². The lowest BCUT2D eigenvalue weighted by atomic mass is 9.91. The third kappa shape index (κ3) is 7.99. The molecule has 1 unspecified atom stereocenters. The van der Waals surface area contributed by atoms with E-state index in [1.165, 1.54) is 18.3 Å². The number of nitrogens with two attached hydrogens (primary N) is 1. The summed E-state index contributed by atoms with van der Waals surface area (Å²) in [5, 5.41) is 13.5. The minimum Gasteiger partial charge on any atom is -0.508 e. The predicted molar refractivity (Wildman–Crippen MR) is 164 cm³/mol. The van der Waals surface area contributed by atoms with Gasteiger partial charge in [-0.25, -0.2) is 8.78 Å². The van der Waals surface area contributed by atoms with Crippen molar-refractivity contribution >= 4 is 46.0 Å². The monoisotopic (exact) mass is 592 g/mol. The minimum absolute atomic E-state index is 0.190. The van der Waals surface area contributed by atoms with Gasteiger partial charge in [0.2, 0.25) is 5.91 Å². The molecular weight excluding hydrogens is 562 g/mol. The van der Waals surface area contributed by atoms with E-state index in [1.807, 2.05) is 13.0 Å². The highest BCUT2D eigenvalue weighted by atomic mass is 35.5. The average molecular weight is 593 g/mol. The number of nitrogens with one attached hydrogen (secondary N) is 2. The van der Waals surface area contributed by atoms with Gasteiger partial charge in [0.05, 0.1) is 22.3 Å². The van der Waals surface area contributed by atoms with Crippen molar-refractivity contribution < 1.29 is 23.5 Å². The highest BCUT2D eigenvalue weighted by Gasteiger charge is 2.21. The molecule has 1 atom stereocenters. The molecule has 0 aliphatic carbocycles. The molecule has 0 spiro atoms. The molecule has 0 aliphatic rings. The van der Waals surface area contributed by atoms with E-state index < -0.39 is 17.5 Å². The van der Waals surface area contributed by atoms with E-state index >= 15 is 0 Å². The number of fused-ring (bicyclic) bond motifs is 1. The molecule has 0 aliphatic heterocycles. The van der Waals surface area contributed by atoms with Crippen molar-refractivity contribution in [1.29, 1.82) is 0 Å². The van der Waals surface area contributed by atoms with Crippen LogP contribution in [0.25, 0.3) is 16.5 Å². The summed E-state index contributed by atoms with van der Waals surface area (Å²) in [5.41, 5.74) is 9.90. The topological polar surface area (TPSA) is 121 Å². The van der Waals surface area contributed by atoms with Gasteiger partial charge in [-0.15, -0.1) is 0 Å². The number of nitrogens with zero attached hydrogens (tertiary/aromatic N) is 1. The first-order chi connectivity index (χ1) is 20.1. The number of halogens is 3. The number of carbonyl (C=O) groups excluding carboxylic acids is 2. The van der Waals surface area contributed by atoms with Crippen LogP contribution < -0.4 is 11.1 Å². The highest BCUT2D eigenvalue weighted by molar-refractivity contribution is 6.34. The largest absolute Gasteiger partial charge is 0.508 e. The Labute approximate surface area is 247 Å². The Morgan fingerprint density at radius 1 is 1.17 bits per heavy atom. The van der Waals surface area contributed by atoms with Gasteiger partial charge >= 0.3 is 0 Å². The quantitative estimate of drug-likeness (QED) is 0.130. The SMILES string of the molecule is C=CN=C(/C(=C\C)c1ccc(Cl)c(C(N)=O)c1)C(Cc1cc(F)cc(F)c1)NC.O=CCc1c[nH]c2ccc(O)cc12. The lowest BCUT2D eigenvalue weighted by molar-refractivity contribution is -0.107. The molecule has 3 aromatic carbocycles. The van der Waals surface area contributed by atoms with Gasteiger partial charge in [0.15, 0.2) is 0 Å². The van der Waals surface area contributed by atoms with Crippen LogP contribution in [0, 0.1) is 11.6 Å². The standard InChI is InChI=1S/C22H22ClF2N3O.C10H9NO2/c1-4-17(14-6-7-19(23)18(11-14)22(26)29)21(28-5-2)20(27-3)10-13-8-15(24)12-16(25)9-13;12-4-3-7-6-11-10-2-1-8(13)5-9(7)10/h4-9,11-12,20,27H,2,10H2,1,3H3,(H2,26,29);1-2,4-6,11,13H,3H2/b17-4-,28-21?;. The predicted octanol–water partition coefficient (Wildman–Crippen LogP) is 6.15. The Balaban J connectivity index is 0.000000307. The molecule has 7 nitrogen and oxygen atoms in total.